The quantitative estimate of drug-likeness (QED) is 0.817. The predicted molar refractivity (Wildman–Crippen MR) is 64.8 cm³/mol. The summed E-state index contributed by atoms with van der Waals surface area (Å²) < 4.78 is 8.94. The fourth-order valence-corrected chi connectivity index (χ4v) is 2.03. The summed E-state index contributed by atoms with van der Waals surface area (Å²) in [5.74, 6) is 0.709. The maximum atomic E-state index is 11.8. The van der Waals surface area contributed by atoms with Crippen molar-refractivity contribution >= 4 is 29.9 Å². The third-order valence-corrected chi connectivity index (χ3v) is 3.11. The van der Waals surface area contributed by atoms with Gasteiger partial charge < -0.3 is 4.74 Å². The molecule has 6 nitrogen and oxygen atoms in total. The normalized spacial score (nSPS) is 15.9. The minimum atomic E-state index is -0.426. The molecule has 90 valence electrons. The number of rotatable bonds is 2. The van der Waals surface area contributed by atoms with Crippen LogP contribution < -0.4 is 13.8 Å². The summed E-state index contributed by atoms with van der Waals surface area (Å²) in [6.07, 6.45) is 0. The van der Waals surface area contributed by atoms with E-state index in [1.165, 1.54) is 11.4 Å². The Labute approximate surface area is 103 Å². The Morgan fingerprint density at radius 2 is 1.88 bits per heavy atom. The number of carbonyl (C=O) groups is 2. The lowest BCUT2D eigenvalue weighted by molar-refractivity contribution is 0.203. The molecule has 0 aromatic heterocycles. The molecule has 1 aromatic carbocycles. The van der Waals surface area contributed by atoms with Gasteiger partial charge >= 0.3 is 12.1 Å². The van der Waals surface area contributed by atoms with Crippen LogP contribution in [0, 0.1) is 0 Å². The van der Waals surface area contributed by atoms with Crippen molar-refractivity contribution in [2.45, 2.75) is 0 Å². The molecule has 1 aliphatic rings. The van der Waals surface area contributed by atoms with Crippen LogP contribution in [0.3, 0.4) is 0 Å². The van der Waals surface area contributed by atoms with Gasteiger partial charge in [0, 0.05) is 7.05 Å². The number of benzene rings is 1. The average Bonchev–Trinajstić information content (AvgIpc) is 2.36. The molecule has 1 aliphatic heterocycles. The lowest BCUT2D eigenvalue weighted by atomic mass is 10.3. The van der Waals surface area contributed by atoms with Crippen LogP contribution in [0.4, 0.5) is 15.3 Å². The van der Waals surface area contributed by atoms with Crippen molar-refractivity contribution < 1.29 is 14.3 Å². The van der Waals surface area contributed by atoms with Gasteiger partial charge in [-0.2, -0.15) is 0 Å². The number of urea groups is 2. The van der Waals surface area contributed by atoms with Gasteiger partial charge in [0.1, 0.15) is 5.75 Å². The van der Waals surface area contributed by atoms with Gasteiger partial charge in [-0.3, -0.25) is 4.72 Å². The highest BCUT2D eigenvalue weighted by Gasteiger charge is 2.30. The van der Waals surface area contributed by atoms with E-state index in [-0.39, 0.29) is 6.03 Å². The van der Waals surface area contributed by atoms with Crippen LogP contribution in [0.1, 0.15) is 0 Å². The molecule has 0 unspecified atom stereocenters. The molecule has 4 amide bonds. The van der Waals surface area contributed by atoms with Gasteiger partial charge in [-0.15, -0.1) is 0 Å². The summed E-state index contributed by atoms with van der Waals surface area (Å²) >= 11 is 0.951. The SMILES string of the molecule is COc1ccc(N2SNC(=O)N(C)C2=O)cc1. The molecule has 1 N–H and O–H groups in total. The van der Waals surface area contributed by atoms with Gasteiger partial charge in [0.2, 0.25) is 0 Å². The van der Waals surface area contributed by atoms with Crippen molar-refractivity contribution in [3.63, 3.8) is 0 Å². The molecule has 7 heteroatoms. The Morgan fingerprint density at radius 3 is 2.47 bits per heavy atom. The van der Waals surface area contributed by atoms with E-state index in [1.54, 1.807) is 31.4 Å². The van der Waals surface area contributed by atoms with Crippen LogP contribution in [0.2, 0.25) is 0 Å². The first-order valence-corrected chi connectivity index (χ1v) is 5.59. The van der Waals surface area contributed by atoms with E-state index in [2.05, 4.69) is 4.72 Å². The number of nitrogens with one attached hydrogen (secondary N) is 1. The minimum absolute atomic E-state index is 0.385. The zero-order chi connectivity index (χ0) is 12.4. The van der Waals surface area contributed by atoms with Crippen molar-refractivity contribution in [1.82, 2.24) is 9.62 Å². The number of hydrogen-bond acceptors (Lipinski definition) is 4. The standard InChI is InChI=1S/C10H11N3O3S/c1-12-9(14)11-17-13(10(12)15)7-3-5-8(16-2)6-4-7/h3-6H,1-2H3,(H,11,14). The molecular weight excluding hydrogens is 242 g/mol. The summed E-state index contributed by atoms with van der Waals surface area (Å²) in [5.41, 5.74) is 0.674. The summed E-state index contributed by atoms with van der Waals surface area (Å²) in [6.45, 7) is 0. The fourth-order valence-electron chi connectivity index (χ4n) is 1.30. The molecule has 0 bridgehead atoms. The first-order chi connectivity index (χ1) is 8.13. The molecule has 1 saturated heterocycles. The lowest BCUT2D eigenvalue weighted by Gasteiger charge is -2.30. The molecule has 0 radical (unpaired) electrons. The summed E-state index contributed by atoms with van der Waals surface area (Å²) in [5, 5.41) is 0. The van der Waals surface area contributed by atoms with Gasteiger partial charge in [-0.05, 0) is 24.3 Å². The molecule has 0 spiro atoms. The van der Waals surface area contributed by atoms with E-state index < -0.39 is 6.03 Å². The number of carbonyl (C=O) groups excluding carboxylic acids is 2. The smallest absolute Gasteiger partial charge is 0.343 e. The molecule has 1 fully saturated rings. The van der Waals surface area contributed by atoms with Gasteiger partial charge in [-0.1, -0.05) is 0 Å². The molecule has 0 saturated carbocycles. The number of hydrogen-bond donors (Lipinski definition) is 1. The van der Waals surface area contributed by atoms with Gasteiger partial charge in [-0.25, -0.2) is 18.8 Å². The molecule has 0 atom stereocenters. The Morgan fingerprint density at radius 1 is 1.24 bits per heavy atom. The second kappa shape index (κ2) is 4.54. The van der Waals surface area contributed by atoms with Crippen molar-refractivity contribution in [2.24, 2.45) is 0 Å². The first-order valence-electron chi connectivity index (χ1n) is 4.82. The Kier molecular flexibility index (Phi) is 3.10. The van der Waals surface area contributed by atoms with Crippen LogP contribution in [-0.4, -0.2) is 31.1 Å². The predicted octanol–water partition coefficient (Wildman–Crippen LogP) is 1.84. The van der Waals surface area contributed by atoms with Crippen molar-refractivity contribution in [3.8, 4) is 5.75 Å². The zero-order valence-corrected chi connectivity index (χ0v) is 10.2. The Bertz CT molecular complexity index is 449. The number of imide groups is 1. The highest BCUT2D eigenvalue weighted by molar-refractivity contribution is 8.00. The van der Waals surface area contributed by atoms with E-state index in [0.717, 1.165) is 17.0 Å². The number of methoxy groups -OCH3 is 1. The van der Waals surface area contributed by atoms with E-state index >= 15 is 0 Å². The maximum absolute atomic E-state index is 11.8. The van der Waals surface area contributed by atoms with Crippen LogP contribution in [-0.2, 0) is 0 Å². The number of ether oxygens (including phenoxy) is 1. The molecule has 17 heavy (non-hydrogen) atoms. The van der Waals surface area contributed by atoms with Gasteiger partial charge in [0.25, 0.3) is 0 Å². The molecule has 1 heterocycles. The second-order valence-electron chi connectivity index (χ2n) is 3.33. The van der Waals surface area contributed by atoms with Crippen molar-refractivity contribution in [2.75, 3.05) is 18.5 Å². The van der Waals surface area contributed by atoms with E-state index in [1.807, 2.05) is 0 Å². The van der Waals surface area contributed by atoms with Crippen LogP contribution >= 0.6 is 12.1 Å². The Hall–Kier alpha value is -1.89. The molecule has 2 rings (SSSR count). The highest BCUT2D eigenvalue weighted by Crippen LogP contribution is 2.27. The number of anilines is 1. The monoisotopic (exact) mass is 253 g/mol. The average molecular weight is 253 g/mol. The molecule has 1 aromatic rings. The second-order valence-corrected chi connectivity index (χ2v) is 4.08. The van der Waals surface area contributed by atoms with Crippen molar-refractivity contribution in [3.05, 3.63) is 24.3 Å². The minimum Gasteiger partial charge on any atom is -0.497 e. The first kappa shape index (κ1) is 11.6. The summed E-state index contributed by atoms with van der Waals surface area (Å²) in [6, 6.07) is 6.18. The topological polar surface area (TPSA) is 61.9 Å². The van der Waals surface area contributed by atoms with Crippen LogP contribution in [0.5, 0.6) is 5.75 Å². The summed E-state index contributed by atoms with van der Waals surface area (Å²) in [7, 11) is 3.00. The third kappa shape index (κ3) is 2.14. The number of amides is 4. The van der Waals surface area contributed by atoms with Crippen LogP contribution in [0.25, 0.3) is 0 Å². The molecule has 0 aliphatic carbocycles. The van der Waals surface area contributed by atoms with Gasteiger partial charge in [0.05, 0.1) is 24.9 Å². The van der Waals surface area contributed by atoms with E-state index in [9.17, 15) is 9.59 Å². The zero-order valence-electron chi connectivity index (χ0n) is 9.34. The number of nitrogens with zero attached hydrogens (tertiary/aromatic N) is 2. The third-order valence-electron chi connectivity index (χ3n) is 2.30. The maximum Gasteiger partial charge on any atom is 0.343 e. The molecular formula is C10H11N3O3S. The van der Waals surface area contributed by atoms with Gasteiger partial charge in [0.15, 0.2) is 0 Å². The summed E-state index contributed by atoms with van der Waals surface area (Å²) in [4.78, 5) is 24.1. The van der Waals surface area contributed by atoms with Crippen molar-refractivity contribution in [1.29, 1.82) is 0 Å². The Balaban J connectivity index is 2.21. The van der Waals surface area contributed by atoms with E-state index in [4.69, 9.17) is 4.74 Å². The lowest BCUT2D eigenvalue weighted by Crippen LogP contribution is -2.51. The largest absolute Gasteiger partial charge is 0.497 e. The van der Waals surface area contributed by atoms with E-state index in [0.29, 0.717) is 11.4 Å². The van der Waals surface area contributed by atoms with Crippen LogP contribution in [0.15, 0.2) is 24.3 Å². The highest BCUT2D eigenvalue weighted by atomic mass is 32.2. The fraction of sp³-hybridized carbons (Fsp3) is 0.200.